The molecule has 0 bridgehead atoms. The maximum atomic E-state index is 6.83. The van der Waals surface area contributed by atoms with E-state index in [2.05, 4.69) is 242 Å². The summed E-state index contributed by atoms with van der Waals surface area (Å²) in [4.78, 5) is 2.44. The molecule has 0 atom stereocenters. The van der Waals surface area contributed by atoms with Crippen molar-refractivity contribution in [3.8, 4) is 39.1 Å². The van der Waals surface area contributed by atoms with Gasteiger partial charge in [-0.1, -0.05) is 172 Å². The van der Waals surface area contributed by atoms with Gasteiger partial charge < -0.3 is 13.9 Å². The number of hydrogen-bond acceptors (Lipinski definition) is 2. The highest BCUT2D eigenvalue weighted by molar-refractivity contribution is 6.27. The van der Waals surface area contributed by atoms with Gasteiger partial charge in [0.25, 0.3) is 0 Å². The van der Waals surface area contributed by atoms with Crippen molar-refractivity contribution in [1.82, 2.24) is 4.57 Å². The lowest BCUT2D eigenvalue weighted by molar-refractivity contribution is 0.660. The van der Waals surface area contributed by atoms with Crippen LogP contribution in [0.25, 0.3) is 93.6 Å². The number of anilines is 3. The molecule has 0 radical (unpaired) electrons. The van der Waals surface area contributed by atoms with Crippen molar-refractivity contribution >= 4 is 71.6 Å². The molecule has 0 N–H and O–H groups in total. The molecule has 1 aliphatic carbocycles. The maximum absolute atomic E-state index is 6.83. The van der Waals surface area contributed by atoms with Crippen LogP contribution in [-0.4, -0.2) is 4.57 Å². The molecular formula is C61H42N2O. The van der Waals surface area contributed by atoms with Gasteiger partial charge in [-0.05, 0) is 105 Å². The number of para-hydroxylation sites is 3. The van der Waals surface area contributed by atoms with Crippen molar-refractivity contribution in [2.75, 3.05) is 4.90 Å². The monoisotopic (exact) mass is 818 g/mol. The maximum Gasteiger partial charge on any atom is 0.145 e. The first-order valence-corrected chi connectivity index (χ1v) is 22.2. The van der Waals surface area contributed by atoms with Crippen LogP contribution < -0.4 is 4.90 Å². The van der Waals surface area contributed by atoms with Crippen LogP contribution >= 0.6 is 0 Å². The number of furan rings is 1. The number of nitrogens with zero attached hydrogens (tertiary/aromatic N) is 2. The largest absolute Gasteiger partial charge is 0.455 e. The van der Waals surface area contributed by atoms with E-state index in [0.29, 0.717) is 0 Å². The van der Waals surface area contributed by atoms with Crippen molar-refractivity contribution < 1.29 is 4.42 Å². The van der Waals surface area contributed by atoms with Gasteiger partial charge in [-0.15, -0.1) is 0 Å². The first kappa shape index (κ1) is 36.5. The minimum absolute atomic E-state index is 0.138. The third kappa shape index (κ3) is 5.41. The van der Waals surface area contributed by atoms with E-state index in [1.165, 1.54) is 49.5 Å². The Bertz CT molecular complexity index is 3810. The van der Waals surface area contributed by atoms with E-state index >= 15 is 0 Å². The van der Waals surface area contributed by atoms with Crippen LogP contribution in [-0.2, 0) is 5.41 Å². The van der Waals surface area contributed by atoms with Crippen LogP contribution in [0, 0.1) is 0 Å². The van der Waals surface area contributed by atoms with Crippen molar-refractivity contribution in [3.05, 3.63) is 230 Å². The molecule has 3 heteroatoms. The fourth-order valence-corrected chi connectivity index (χ4v) is 10.7. The van der Waals surface area contributed by atoms with Gasteiger partial charge in [0.05, 0.1) is 22.1 Å². The molecule has 0 saturated carbocycles. The molecule has 1 aliphatic rings. The zero-order valence-electron chi connectivity index (χ0n) is 35.6. The van der Waals surface area contributed by atoms with E-state index in [-0.39, 0.29) is 5.41 Å². The summed E-state index contributed by atoms with van der Waals surface area (Å²) in [6, 6.07) is 79.7. The molecule has 0 amide bonds. The Morgan fingerprint density at radius 1 is 0.438 bits per heavy atom. The van der Waals surface area contributed by atoms with Crippen LogP contribution in [0.3, 0.4) is 0 Å². The fourth-order valence-electron chi connectivity index (χ4n) is 10.7. The van der Waals surface area contributed by atoms with Gasteiger partial charge in [0.1, 0.15) is 11.2 Å². The summed E-state index contributed by atoms with van der Waals surface area (Å²) in [5.74, 6) is 0. The second-order valence-corrected chi connectivity index (χ2v) is 17.7. The number of aromatic nitrogens is 1. The highest BCUT2D eigenvalue weighted by Gasteiger charge is 2.36. The molecule has 0 fully saturated rings. The molecule has 0 saturated heterocycles. The molecule has 64 heavy (non-hydrogen) atoms. The lowest BCUT2D eigenvalue weighted by Gasteiger charge is -2.30. The first-order chi connectivity index (χ1) is 31.5. The van der Waals surface area contributed by atoms with Gasteiger partial charge in [-0.2, -0.15) is 0 Å². The standard InChI is InChI=1S/C61H42N2O/c1-61(2)53-24-12-8-21-47(53)48-35-34-45(37-54(48)61)62(55-25-13-9-20-46(55)40-17-4-3-5-18-40)43-31-29-41(30-32-43)51-38-52-49-22-11-15-27-57(49)64-60(52)58-50-23-10-14-26-56(50)63(59(51)58)44-33-28-39-16-6-7-19-42(39)36-44/h3-38H,1-2H3. The third-order valence-electron chi connectivity index (χ3n) is 13.8. The number of benzene rings is 10. The Morgan fingerprint density at radius 2 is 1.09 bits per heavy atom. The summed E-state index contributed by atoms with van der Waals surface area (Å²) in [7, 11) is 0. The quantitative estimate of drug-likeness (QED) is 0.167. The van der Waals surface area contributed by atoms with Crippen LogP contribution in [0.15, 0.2) is 223 Å². The lowest BCUT2D eigenvalue weighted by Crippen LogP contribution is -2.16. The molecule has 0 unspecified atom stereocenters. The van der Waals surface area contributed by atoms with Gasteiger partial charge in [0, 0.05) is 49.8 Å². The van der Waals surface area contributed by atoms with Crippen LogP contribution in [0.5, 0.6) is 0 Å². The van der Waals surface area contributed by atoms with E-state index in [1.807, 2.05) is 0 Å². The van der Waals surface area contributed by atoms with E-state index < -0.39 is 0 Å². The number of hydrogen-bond donors (Lipinski definition) is 0. The van der Waals surface area contributed by atoms with Crippen LogP contribution in [0.2, 0.25) is 0 Å². The van der Waals surface area contributed by atoms with Gasteiger partial charge in [-0.3, -0.25) is 0 Å². The van der Waals surface area contributed by atoms with E-state index in [0.717, 1.165) is 72.2 Å². The van der Waals surface area contributed by atoms with Gasteiger partial charge >= 0.3 is 0 Å². The van der Waals surface area contributed by atoms with Gasteiger partial charge in [0.2, 0.25) is 0 Å². The van der Waals surface area contributed by atoms with Crippen LogP contribution in [0.4, 0.5) is 17.1 Å². The molecule has 3 nitrogen and oxygen atoms in total. The van der Waals surface area contributed by atoms with Gasteiger partial charge in [0.15, 0.2) is 0 Å². The minimum atomic E-state index is -0.138. The molecule has 10 aromatic carbocycles. The second-order valence-electron chi connectivity index (χ2n) is 17.7. The molecule has 2 aromatic heterocycles. The Balaban J connectivity index is 1.05. The van der Waals surface area contributed by atoms with Crippen molar-refractivity contribution in [2.24, 2.45) is 0 Å². The van der Waals surface area contributed by atoms with E-state index in [4.69, 9.17) is 4.42 Å². The van der Waals surface area contributed by atoms with Crippen molar-refractivity contribution in [1.29, 1.82) is 0 Å². The Morgan fingerprint density at radius 3 is 1.95 bits per heavy atom. The second kappa shape index (κ2) is 13.9. The minimum Gasteiger partial charge on any atom is -0.455 e. The normalized spacial score (nSPS) is 13.0. The summed E-state index contributed by atoms with van der Waals surface area (Å²) in [5.41, 5.74) is 18.4. The Hall–Kier alpha value is -8.14. The predicted molar refractivity (Wildman–Crippen MR) is 269 cm³/mol. The van der Waals surface area contributed by atoms with Crippen molar-refractivity contribution in [3.63, 3.8) is 0 Å². The van der Waals surface area contributed by atoms with Crippen molar-refractivity contribution in [2.45, 2.75) is 19.3 Å². The number of fused-ring (bicyclic) bond motifs is 11. The first-order valence-electron chi connectivity index (χ1n) is 22.2. The zero-order valence-corrected chi connectivity index (χ0v) is 35.6. The summed E-state index contributed by atoms with van der Waals surface area (Å²) >= 11 is 0. The van der Waals surface area contributed by atoms with Gasteiger partial charge in [-0.25, -0.2) is 0 Å². The highest BCUT2D eigenvalue weighted by Crippen LogP contribution is 2.52. The smallest absolute Gasteiger partial charge is 0.145 e. The third-order valence-corrected chi connectivity index (χ3v) is 13.8. The lowest BCUT2D eigenvalue weighted by atomic mass is 9.82. The van der Waals surface area contributed by atoms with Crippen LogP contribution in [0.1, 0.15) is 25.0 Å². The summed E-state index contributed by atoms with van der Waals surface area (Å²) in [6.07, 6.45) is 0. The topological polar surface area (TPSA) is 21.3 Å². The predicted octanol–water partition coefficient (Wildman–Crippen LogP) is 16.9. The molecule has 2 heterocycles. The van der Waals surface area contributed by atoms with E-state index in [1.54, 1.807) is 0 Å². The average Bonchev–Trinajstić information content (AvgIpc) is 3.97. The summed E-state index contributed by atoms with van der Waals surface area (Å²) < 4.78 is 9.27. The summed E-state index contributed by atoms with van der Waals surface area (Å²) in [5, 5.41) is 6.94. The highest BCUT2D eigenvalue weighted by atomic mass is 16.3. The molecule has 0 aliphatic heterocycles. The Labute approximate surface area is 371 Å². The SMILES string of the molecule is CC1(C)c2ccccc2-c2ccc(N(c3ccc(-c4cc5c6ccccc6oc5c5c6ccccc6n(-c6ccc7ccccc7c6)c45)cc3)c3ccccc3-c3ccccc3)cc21. The summed E-state index contributed by atoms with van der Waals surface area (Å²) in [6.45, 7) is 4.72. The zero-order chi connectivity index (χ0) is 42.5. The fraction of sp³-hybridized carbons (Fsp3) is 0.0492. The Kier molecular flexibility index (Phi) is 7.95. The molecule has 13 rings (SSSR count). The van der Waals surface area contributed by atoms with E-state index in [9.17, 15) is 0 Å². The molecular weight excluding hydrogens is 777 g/mol. The molecule has 302 valence electrons. The molecule has 0 spiro atoms. The molecule has 12 aromatic rings. The average molecular weight is 819 g/mol. The number of rotatable bonds is 6.